The zero-order valence-electron chi connectivity index (χ0n) is 18.7. The van der Waals surface area contributed by atoms with Crippen LogP contribution in [-0.2, 0) is 18.3 Å². The van der Waals surface area contributed by atoms with E-state index in [2.05, 4.69) is 56.4 Å². The van der Waals surface area contributed by atoms with E-state index in [1.54, 1.807) is 0 Å². The van der Waals surface area contributed by atoms with Gasteiger partial charge in [-0.25, -0.2) is 0 Å². The predicted molar refractivity (Wildman–Crippen MR) is 124 cm³/mol. The van der Waals surface area contributed by atoms with E-state index in [1.165, 1.54) is 22.4 Å². The molecule has 162 valence electrons. The van der Waals surface area contributed by atoms with Crippen molar-refractivity contribution in [2.24, 2.45) is 5.92 Å². The van der Waals surface area contributed by atoms with Gasteiger partial charge in [-0.1, -0.05) is 31.5 Å². The van der Waals surface area contributed by atoms with Gasteiger partial charge in [-0.05, 0) is 106 Å². The molecule has 3 atom stereocenters. The number of rotatable bonds is 6. The molecule has 0 saturated heterocycles. The van der Waals surface area contributed by atoms with Gasteiger partial charge in [0.1, 0.15) is 5.75 Å². The molecule has 3 heteroatoms. The fourth-order valence-corrected chi connectivity index (χ4v) is 6.24. The molecule has 0 amide bonds. The maximum absolute atomic E-state index is 11.3. The Morgan fingerprint density at radius 2 is 1.97 bits per heavy atom. The first-order valence-electron chi connectivity index (χ1n) is 11.7. The zero-order valence-corrected chi connectivity index (χ0v) is 18.7. The van der Waals surface area contributed by atoms with E-state index < -0.39 is 5.60 Å². The monoisotopic (exact) mass is 407 g/mol. The molecule has 3 nitrogen and oxygen atoms in total. The molecule has 1 fully saturated rings. The molecule has 2 aromatic rings. The Bertz CT molecular complexity index is 892. The van der Waals surface area contributed by atoms with E-state index in [9.17, 15) is 10.2 Å². The second-order valence-electron chi connectivity index (χ2n) is 10.1. The van der Waals surface area contributed by atoms with E-state index in [4.69, 9.17) is 0 Å². The minimum absolute atomic E-state index is 0.0394. The largest absolute Gasteiger partial charge is 0.508 e. The molecular weight excluding hydrogens is 370 g/mol. The SMILES string of the molecule is CCCC1(O)CC[C@@]2(Cc3cccc(NC(C)C)c3)c3ccc(O)cc3CC[C@@H]2C1. The van der Waals surface area contributed by atoms with Crippen LogP contribution in [0.25, 0.3) is 0 Å². The molecular formula is C27H37NO2. The summed E-state index contributed by atoms with van der Waals surface area (Å²) >= 11 is 0. The second kappa shape index (κ2) is 8.26. The molecule has 3 N–H and O–H groups in total. The number of aromatic hydroxyl groups is 1. The summed E-state index contributed by atoms with van der Waals surface area (Å²) in [5.74, 6) is 0.838. The maximum Gasteiger partial charge on any atom is 0.115 e. The first-order valence-corrected chi connectivity index (χ1v) is 11.7. The van der Waals surface area contributed by atoms with Gasteiger partial charge in [0.2, 0.25) is 0 Å². The van der Waals surface area contributed by atoms with E-state index in [-0.39, 0.29) is 5.41 Å². The average Bonchev–Trinajstić information content (AvgIpc) is 2.68. The number of anilines is 1. The minimum Gasteiger partial charge on any atom is -0.508 e. The van der Waals surface area contributed by atoms with Crippen molar-refractivity contribution in [3.63, 3.8) is 0 Å². The van der Waals surface area contributed by atoms with Crippen LogP contribution in [0.3, 0.4) is 0 Å². The lowest BCUT2D eigenvalue weighted by Crippen LogP contribution is -2.51. The zero-order chi connectivity index (χ0) is 21.4. The summed E-state index contributed by atoms with van der Waals surface area (Å²) < 4.78 is 0. The first kappa shape index (κ1) is 21.2. The molecule has 0 heterocycles. The highest BCUT2D eigenvalue weighted by Crippen LogP contribution is 2.55. The summed E-state index contributed by atoms with van der Waals surface area (Å²) in [5.41, 5.74) is 4.75. The molecule has 2 aromatic carbocycles. The summed E-state index contributed by atoms with van der Waals surface area (Å²) in [7, 11) is 0. The van der Waals surface area contributed by atoms with Gasteiger partial charge < -0.3 is 15.5 Å². The molecule has 2 aliphatic carbocycles. The minimum atomic E-state index is -0.515. The van der Waals surface area contributed by atoms with E-state index in [0.717, 1.165) is 51.4 Å². The van der Waals surface area contributed by atoms with E-state index in [0.29, 0.717) is 17.7 Å². The Kier molecular flexibility index (Phi) is 5.85. The smallest absolute Gasteiger partial charge is 0.115 e. The highest BCUT2D eigenvalue weighted by Gasteiger charge is 2.51. The van der Waals surface area contributed by atoms with E-state index in [1.807, 2.05) is 12.1 Å². The molecule has 0 radical (unpaired) electrons. The summed E-state index contributed by atoms with van der Waals surface area (Å²) in [5, 5.41) is 24.9. The van der Waals surface area contributed by atoms with Gasteiger partial charge in [0, 0.05) is 17.1 Å². The standard InChI is InChI=1S/C27H37NO2/c1-4-12-26(30)13-14-27(17-20-6-5-7-23(15-20)28-19(2)3)22(18-26)9-8-21-16-24(29)10-11-25(21)27/h5-7,10-11,15-16,19,22,28-30H,4,8-9,12-14,17-18H2,1-3H3/t22-,26?,27+/m1/s1. The number of fused-ring (bicyclic) bond motifs is 3. The highest BCUT2D eigenvalue weighted by atomic mass is 16.3. The summed E-state index contributed by atoms with van der Waals surface area (Å²) in [6.07, 6.45) is 7.77. The van der Waals surface area contributed by atoms with Crippen molar-refractivity contribution in [1.29, 1.82) is 0 Å². The van der Waals surface area contributed by atoms with Crippen molar-refractivity contribution in [3.8, 4) is 5.75 Å². The van der Waals surface area contributed by atoms with Crippen LogP contribution in [0.2, 0.25) is 0 Å². The maximum atomic E-state index is 11.3. The number of hydrogen-bond acceptors (Lipinski definition) is 3. The Hall–Kier alpha value is -2.00. The van der Waals surface area contributed by atoms with Crippen molar-refractivity contribution >= 4 is 5.69 Å². The molecule has 0 aromatic heterocycles. The van der Waals surface area contributed by atoms with Crippen LogP contribution < -0.4 is 5.32 Å². The van der Waals surface area contributed by atoms with Crippen molar-refractivity contribution < 1.29 is 10.2 Å². The third-order valence-corrected chi connectivity index (χ3v) is 7.45. The number of phenolic OH excluding ortho intramolecular Hbond substituents is 1. The number of benzene rings is 2. The fraction of sp³-hybridized carbons (Fsp3) is 0.556. The number of aliphatic hydroxyl groups is 1. The lowest BCUT2D eigenvalue weighted by atomic mass is 9.52. The van der Waals surface area contributed by atoms with Crippen LogP contribution in [-0.4, -0.2) is 21.9 Å². The van der Waals surface area contributed by atoms with Crippen LogP contribution in [0, 0.1) is 5.92 Å². The van der Waals surface area contributed by atoms with Crippen LogP contribution >= 0.6 is 0 Å². The lowest BCUT2D eigenvalue weighted by molar-refractivity contribution is -0.0565. The van der Waals surface area contributed by atoms with Gasteiger partial charge in [0.15, 0.2) is 0 Å². The number of aryl methyl sites for hydroxylation is 1. The van der Waals surface area contributed by atoms with Crippen LogP contribution in [0.15, 0.2) is 42.5 Å². The highest BCUT2D eigenvalue weighted by molar-refractivity contribution is 5.49. The lowest BCUT2D eigenvalue weighted by Gasteiger charge is -2.53. The van der Waals surface area contributed by atoms with Crippen molar-refractivity contribution in [2.75, 3.05) is 5.32 Å². The molecule has 4 rings (SSSR count). The summed E-state index contributed by atoms with van der Waals surface area (Å²) in [6, 6.07) is 15.2. The van der Waals surface area contributed by atoms with Crippen molar-refractivity contribution in [1.82, 2.24) is 0 Å². The summed E-state index contributed by atoms with van der Waals surface area (Å²) in [4.78, 5) is 0. The van der Waals surface area contributed by atoms with Gasteiger partial charge in [-0.3, -0.25) is 0 Å². The van der Waals surface area contributed by atoms with Gasteiger partial charge in [0.05, 0.1) is 5.60 Å². The fourth-order valence-electron chi connectivity index (χ4n) is 6.24. The Balaban J connectivity index is 1.72. The van der Waals surface area contributed by atoms with Crippen molar-refractivity contribution in [2.45, 2.75) is 89.2 Å². The normalized spacial score (nSPS) is 28.1. The number of phenols is 1. The molecule has 0 spiro atoms. The second-order valence-corrected chi connectivity index (χ2v) is 10.1. The third-order valence-electron chi connectivity index (χ3n) is 7.45. The van der Waals surface area contributed by atoms with Crippen molar-refractivity contribution in [3.05, 3.63) is 59.2 Å². The van der Waals surface area contributed by atoms with Gasteiger partial charge in [-0.2, -0.15) is 0 Å². The van der Waals surface area contributed by atoms with E-state index >= 15 is 0 Å². The van der Waals surface area contributed by atoms with Gasteiger partial charge in [-0.15, -0.1) is 0 Å². The quantitative estimate of drug-likeness (QED) is 0.553. The molecule has 1 saturated carbocycles. The Morgan fingerprint density at radius 3 is 2.73 bits per heavy atom. The predicted octanol–water partition coefficient (Wildman–Crippen LogP) is 5.97. The molecule has 0 aliphatic heterocycles. The van der Waals surface area contributed by atoms with Crippen LogP contribution in [0.5, 0.6) is 5.75 Å². The molecule has 30 heavy (non-hydrogen) atoms. The number of hydrogen-bond donors (Lipinski definition) is 3. The summed E-state index contributed by atoms with van der Waals surface area (Å²) in [6.45, 7) is 6.51. The molecule has 2 aliphatic rings. The Morgan fingerprint density at radius 1 is 1.13 bits per heavy atom. The Labute approximate surface area is 181 Å². The van der Waals surface area contributed by atoms with Crippen LogP contribution in [0.4, 0.5) is 5.69 Å². The number of nitrogens with one attached hydrogen (secondary N) is 1. The van der Waals surface area contributed by atoms with Gasteiger partial charge >= 0.3 is 0 Å². The van der Waals surface area contributed by atoms with Crippen LogP contribution in [0.1, 0.15) is 76.0 Å². The third kappa shape index (κ3) is 4.09. The molecule has 0 bridgehead atoms. The average molecular weight is 408 g/mol. The first-order chi connectivity index (χ1) is 14.3. The van der Waals surface area contributed by atoms with Gasteiger partial charge in [0.25, 0.3) is 0 Å². The topological polar surface area (TPSA) is 52.5 Å². The molecule has 1 unspecified atom stereocenters.